The van der Waals surface area contributed by atoms with Gasteiger partial charge in [0.25, 0.3) is 0 Å². The van der Waals surface area contributed by atoms with Crippen LogP contribution in [0.4, 0.5) is 0 Å². The summed E-state index contributed by atoms with van der Waals surface area (Å²) in [7, 11) is 1.55. The van der Waals surface area contributed by atoms with Gasteiger partial charge in [-0.15, -0.1) is 10.2 Å². The van der Waals surface area contributed by atoms with Crippen LogP contribution in [0, 0.1) is 0 Å². The van der Waals surface area contributed by atoms with Gasteiger partial charge in [0.2, 0.25) is 5.91 Å². The quantitative estimate of drug-likeness (QED) is 0.267. The minimum absolute atomic E-state index is 0.00198. The van der Waals surface area contributed by atoms with Crippen molar-refractivity contribution in [3.63, 3.8) is 0 Å². The van der Waals surface area contributed by atoms with Gasteiger partial charge in [-0.25, -0.2) is 0 Å². The standard InChI is InChI=1S/C25H23ClN4O3S/c1-16(31)27-12-11-24-28-29-25(30(24)20-9-10-23(33-2)21(26)14-20)34-15-22(32)19-8-7-17-5-3-4-6-18(17)13-19/h3-10,13-14H,11-12,15H2,1-2H3,(H,27,31). The fraction of sp³-hybridized carbons (Fsp3) is 0.200. The van der Waals surface area contributed by atoms with Gasteiger partial charge in [0, 0.05) is 25.5 Å². The maximum Gasteiger partial charge on any atom is 0.216 e. The van der Waals surface area contributed by atoms with E-state index >= 15 is 0 Å². The van der Waals surface area contributed by atoms with Crippen LogP contribution in [-0.4, -0.2) is 45.9 Å². The first-order valence-corrected chi connectivity index (χ1v) is 12.0. The van der Waals surface area contributed by atoms with Crippen LogP contribution in [-0.2, 0) is 11.2 Å². The summed E-state index contributed by atoms with van der Waals surface area (Å²) < 4.78 is 7.11. The molecule has 0 saturated heterocycles. The van der Waals surface area contributed by atoms with Crippen LogP contribution in [0.25, 0.3) is 16.5 Å². The zero-order chi connectivity index (χ0) is 24.1. The molecule has 0 unspecified atom stereocenters. The van der Waals surface area contributed by atoms with Gasteiger partial charge in [-0.1, -0.05) is 59.8 Å². The summed E-state index contributed by atoms with van der Waals surface area (Å²) >= 11 is 7.66. The lowest BCUT2D eigenvalue weighted by molar-refractivity contribution is -0.118. The van der Waals surface area contributed by atoms with Gasteiger partial charge in [0.15, 0.2) is 10.9 Å². The summed E-state index contributed by atoms with van der Waals surface area (Å²) in [5, 5.41) is 14.5. The minimum Gasteiger partial charge on any atom is -0.495 e. The van der Waals surface area contributed by atoms with Gasteiger partial charge >= 0.3 is 0 Å². The van der Waals surface area contributed by atoms with E-state index in [2.05, 4.69) is 15.5 Å². The molecule has 1 amide bonds. The molecule has 0 radical (unpaired) electrons. The Kier molecular flexibility index (Phi) is 7.49. The molecular formula is C25H23ClN4O3S. The third-order valence-electron chi connectivity index (χ3n) is 5.22. The number of benzene rings is 3. The van der Waals surface area contributed by atoms with Crippen molar-refractivity contribution in [3.8, 4) is 11.4 Å². The lowest BCUT2D eigenvalue weighted by atomic mass is 10.1. The molecule has 3 aromatic carbocycles. The van der Waals surface area contributed by atoms with Crippen molar-refractivity contribution in [3.05, 3.63) is 77.1 Å². The van der Waals surface area contributed by atoms with Crippen molar-refractivity contribution in [1.29, 1.82) is 0 Å². The number of halogens is 1. The number of fused-ring (bicyclic) bond motifs is 1. The first-order valence-electron chi connectivity index (χ1n) is 10.6. The first-order chi connectivity index (χ1) is 16.5. The number of ketones is 1. The van der Waals surface area contributed by atoms with E-state index in [0.29, 0.717) is 40.3 Å². The Morgan fingerprint density at radius 2 is 1.85 bits per heavy atom. The van der Waals surface area contributed by atoms with Gasteiger partial charge in [-0.05, 0) is 35.0 Å². The molecule has 0 saturated carbocycles. The van der Waals surface area contributed by atoms with E-state index in [4.69, 9.17) is 16.3 Å². The molecule has 0 atom stereocenters. The van der Waals surface area contributed by atoms with E-state index in [1.807, 2.05) is 53.1 Å². The molecule has 0 bridgehead atoms. The van der Waals surface area contributed by atoms with E-state index in [9.17, 15) is 9.59 Å². The summed E-state index contributed by atoms with van der Waals surface area (Å²) in [6.45, 7) is 1.88. The van der Waals surface area contributed by atoms with Crippen LogP contribution in [0.1, 0.15) is 23.1 Å². The summed E-state index contributed by atoms with van der Waals surface area (Å²) in [4.78, 5) is 24.2. The van der Waals surface area contributed by atoms with Crippen molar-refractivity contribution < 1.29 is 14.3 Å². The van der Waals surface area contributed by atoms with E-state index in [-0.39, 0.29) is 17.4 Å². The van der Waals surface area contributed by atoms with Crippen molar-refractivity contribution in [2.45, 2.75) is 18.5 Å². The Hall–Kier alpha value is -3.36. The van der Waals surface area contributed by atoms with Gasteiger partial charge in [0.1, 0.15) is 11.6 Å². The highest BCUT2D eigenvalue weighted by atomic mass is 35.5. The van der Waals surface area contributed by atoms with Crippen LogP contribution in [0.5, 0.6) is 5.75 Å². The largest absolute Gasteiger partial charge is 0.495 e. The first kappa shape index (κ1) is 23.8. The number of nitrogens with zero attached hydrogens (tertiary/aromatic N) is 3. The van der Waals surface area contributed by atoms with Gasteiger partial charge < -0.3 is 10.1 Å². The highest BCUT2D eigenvalue weighted by molar-refractivity contribution is 7.99. The molecule has 0 aliphatic heterocycles. The molecule has 0 spiro atoms. The molecule has 7 nitrogen and oxygen atoms in total. The number of thioether (sulfide) groups is 1. The van der Waals surface area contributed by atoms with Crippen molar-refractivity contribution in [1.82, 2.24) is 20.1 Å². The Balaban J connectivity index is 1.58. The average molecular weight is 495 g/mol. The molecule has 4 aromatic rings. The van der Waals surface area contributed by atoms with E-state index < -0.39 is 0 Å². The number of ether oxygens (including phenoxy) is 1. The lowest BCUT2D eigenvalue weighted by Crippen LogP contribution is -2.23. The number of hydrogen-bond donors (Lipinski definition) is 1. The minimum atomic E-state index is -0.117. The van der Waals surface area contributed by atoms with Crippen molar-refractivity contribution in [2.24, 2.45) is 0 Å². The molecule has 174 valence electrons. The Morgan fingerprint density at radius 3 is 2.59 bits per heavy atom. The van der Waals surface area contributed by atoms with E-state index in [1.54, 1.807) is 19.2 Å². The summed E-state index contributed by atoms with van der Waals surface area (Å²) in [6.07, 6.45) is 0.468. The predicted molar refractivity (Wildman–Crippen MR) is 134 cm³/mol. The molecule has 1 aromatic heterocycles. The molecule has 1 heterocycles. The highest BCUT2D eigenvalue weighted by Gasteiger charge is 2.18. The number of Topliss-reactive ketones (excluding diaryl/α,β-unsaturated/α-hetero) is 1. The number of rotatable bonds is 9. The molecule has 0 aliphatic rings. The second-order valence-corrected chi connectivity index (χ2v) is 8.91. The number of nitrogens with one attached hydrogen (secondary N) is 1. The van der Waals surface area contributed by atoms with Gasteiger partial charge in [-0.2, -0.15) is 0 Å². The zero-order valence-electron chi connectivity index (χ0n) is 18.7. The molecular weight excluding hydrogens is 472 g/mol. The monoisotopic (exact) mass is 494 g/mol. The van der Waals surface area contributed by atoms with Crippen LogP contribution in [0.3, 0.4) is 0 Å². The predicted octanol–water partition coefficient (Wildman–Crippen LogP) is 4.74. The van der Waals surface area contributed by atoms with Crippen molar-refractivity contribution >= 4 is 45.8 Å². The third-order valence-corrected chi connectivity index (χ3v) is 6.44. The maximum absolute atomic E-state index is 12.9. The Labute approximate surface area is 206 Å². The smallest absolute Gasteiger partial charge is 0.216 e. The number of aromatic nitrogens is 3. The van der Waals surface area contributed by atoms with Crippen LogP contribution in [0.15, 0.2) is 65.8 Å². The van der Waals surface area contributed by atoms with Crippen LogP contribution < -0.4 is 10.1 Å². The fourth-order valence-corrected chi connectivity index (χ4v) is 4.65. The Bertz CT molecular complexity index is 1360. The number of methoxy groups -OCH3 is 1. The summed E-state index contributed by atoms with van der Waals surface area (Å²) in [6, 6.07) is 19.0. The molecule has 0 fully saturated rings. The molecule has 34 heavy (non-hydrogen) atoms. The molecule has 0 aliphatic carbocycles. The second kappa shape index (κ2) is 10.7. The molecule has 9 heteroatoms. The second-order valence-electron chi connectivity index (χ2n) is 7.56. The lowest BCUT2D eigenvalue weighted by Gasteiger charge is -2.12. The zero-order valence-corrected chi connectivity index (χ0v) is 20.3. The van der Waals surface area contributed by atoms with E-state index in [0.717, 1.165) is 16.5 Å². The molecule has 1 N–H and O–H groups in total. The van der Waals surface area contributed by atoms with Crippen molar-refractivity contribution in [2.75, 3.05) is 19.4 Å². The van der Waals surface area contributed by atoms with Gasteiger partial charge in [-0.3, -0.25) is 14.2 Å². The molecule has 4 rings (SSSR count). The number of hydrogen-bond acceptors (Lipinski definition) is 6. The SMILES string of the molecule is COc1ccc(-n2c(CCNC(C)=O)nnc2SCC(=O)c2ccc3ccccc3c2)cc1Cl. The number of amides is 1. The van der Waals surface area contributed by atoms with E-state index in [1.165, 1.54) is 18.7 Å². The highest BCUT2D eigenvalue weighted by Crippen LogP contribution is 2.30. The number of carbonyl (C=O) groups is 2. The summed E-state index contributed by atoms with van der Waals surface area (Å²) in [5.74, 6) is 1.29. The number of carbonyl (C=O) groups excluding carboxylic acids is 2. The maximum atomic E-state index is 12.9. The Morgan fingerprint density at radius 1 is 1.06 bits per heavy atom. The van der Waals surface area contributed by atoms with Crippen LogP contribution in [0.2, 0.25) is 5.02 Å². The normalized spacial score (nSPS) is 10.9. The topological polar surface area (TPSA) is 86.1 Å². The third kappa shape index (κ3) is 5.40. The fourth-order valence-electron chi connectivity index (χ4n) is 3.54. The van der Waals surface area contributed by atoms with Gasteiger partial charge in [0.05, 0.1) is 23.6 Å². The summed E-state index contributed by atoms with van der Waals surface area (Å²) in [5.41, 5.74) is 1.39. The average Bonchev–Trinajstić information content (AvgIpc) is 3.24. The van der Waals surface area contributed by atoms with Crippen LogP contribution >= 0.6 is 23.4 Å².